The summed E-state index contributed by atoms with van der Waals surface area (Å²) in [5, 5.41) is 2.67. The van der Waals surface area contributed by atoms with Gasteiger partial charge in [0.1, 0.15) is 24.2 Å². The summed E-state index contributed by atoms with van der Waals surface area (Å²) in [5.74, 6) is -2.84. The second-order valence-corrected chi connectivity index (χ2v) is 10.2. The highest BCUT2D eigenvalue weighted by atomic mass is 16.6. The lowest BCUT2D eigenvalue weighted by atomic mass is 10.0. The summed E-state index contributed by atoms with van der Waals surface area (Å²) >= 11 is 0. The molecule has 1 fully saturated rings. The molecule has 0 radical (unpaired) electrons. The van der Waals surface area contributed by atoms with E-state index in [4.69, 9.17) is 9.47 Å². The number of amides is 3. The minimum atomic E-state index is -1.18. The molecular weight excluding hydrogens is 504 g/mol. The molecule has 0 saturated carbocycles. The highest BCUT2D eigenvalue weighted by molar-refractivity contribution is 5.99. The van der Waals surface area contributed by atoms with Gasteiger partial charge in [0.2, 0.25) is 11.8 Å². The van der Waals surface area contributed by atoms with E-state index in [0.717, 1.165) is 11.1 Å². The fraction of sp³-hybridized carbons (Fsp3) is 0.429. The number of benzene rings is 1. The first-order valence-corrected chi connectivity index (χ1v) is 12.6. The van der Waals surface area contributed by atoms with E-state index < -0.39 is 47.3 Å². The first kappa shape index (κ1) is 29.3. The van der Waals surface area contributed by atoms with Crippen LogP contribution >= 0.6 is 0 Å². The molecule has 1 N–H and O–H groups in total. The van der Waals surface area contributed by atoms with Crippen LogP contribution in [0.15, 0.2) is 48.8 Å². The van der Waals surface area contributed by atoms with Crippen LogP contribution in [0.1, 0.15) is 44.5 Å². The molecule has 0 aliphatic carbocycles. The lowest BCUT2D eigenvalue weighted by Gasteiger charge is -2.41. The van der Waals surface area contributed by atoms with Crippen molar-refractivity contribution in [3.8, 4) is 11.1 Å². The molecule has 3 rings (SSSR count). The van der Waals surface area contributed by atoms with Crippen LogP contribution in [0.25, 0.3) is 11.1 Å². The number of rotatable bonds is 8. The predicted molar refractivity (Wildman–Crippen MR) is 141 cm³/mol. The van der Waals surface area contributed by atoms with Gasteiger partial charge >= 0.3 is 11.9 Å². The predicted octanol–water partition coefficient (Wildman–Crippen LogP) is 1.81. The number of pyridine rings is 1. The molecule has 39 heavy (non-hydrogen) atoms. The van der Waals surface area contributed by atoms with Gasteiger partial charge in [-0.25, -0.2) is 0 Å². The van der Waals surface area contributed by atoms with Crippen molar-refractivity contribution in [2.24, 2.45) is 0 Å². The zero-order chi connectivity index (χ0) is 28.7. The first-order valence-electron chi connectivity index (χ1n) is 12.6. The van der Waals surface area contributed by atoms with Crippen LogP contribution in [-0.4, -0.2) is 88.9 Å². The Hall–Kier alpha value is -4.28. The molecule has 3 amide bonds. The molecule has 1 aromatic heterocycles. The normalized spacial score (nSPS) is 16.3. The lowest BCUT2D eigenvalue weighted by molar-refractivity contribution is -0.164. The van der Waals surface area contributed by atoms with Crippen LogP contribution in [0.3, 0.4) is 0 Å². The summed E-state index contributed by atoms with van der Waals surface area (Å²) in [7, 11) is 1.18. The standard InChI is InChI=1S/C28H34N4O7/c1-18(30-25(35)21-8-6-19(7-9-21)20-10-12-29-13-11-20)26(36)32-15-14-31(17-24(34)39-28(2,3)4)27(37)22(32)16-23(33)38-5/h6-13,18,22H,14-17H2,1-5H3,(H,30,35)/t18?,22-/m0/s1. The quantitative estimate of drug-likeness (QED) is 0.503. The Morgan fingerprint density at radius 1 is 1.00 bits per heavy atom. The Balaban J connectivity index is 1.68. The van der Waals surface area contributed by atoms with Gasteiger partial charge in [-0.1, -0.05) is 12.1 Å². The third-order valence-corrected chi connectivity index (χ3v) is 6.07. The summed E-state index contributed by atoms with van der Waals surface area (Å²) in [4.78, 5) is 70.3. The van der Waals surface area contributed by atoms with Gasteiger partial charge in [-0.15, -0.1) is 0 Å². The maximum atomic E-state index is 13.3. The molecule has 1 aromatic carbocycles. The zero-order valence-electron chi connectivity index (χ0n) is 22.8. The van der Waals surface area contributed by atoms with Crippen molar-refractivity contribution in [1.82, 2.24) is 20.1 Å². The van der Waals surface area contributed by atoms with E-state index in [1.54, 1.807) is 57.4 Å². The van der Waals surface area contributed by atoms with Gasteiger partial charge in [0.05, 0.1) is 13.5 Å². The molecule has 1 aliphatic rings. The summed E-state index contributed by atoms with van der Waals surface area (Å²) in [6.07, 6.45) is 2.97. The van der Waals surface area contributed by atoms with E-state index in [-0.39, 0.29) is 26.1 Å². The van der Waals surface area contributed by atoms with Crippen molar-refractivity contribution in [2.45, 2.75) is 51.8 Å². The minimum absolute atomic E-state index is 0.0653. The van der Waals surface area contributed by atoms with Crippen molar-refractivity contribution in [2.75, 3.05) is 26.7 Å². The van der Waals surface area contributed by atoms with Gasteiger partial charge < -0.3 is 24.6 Å². The minimum Gasteiger partial charge on any atom is -0.469 e. The van der Waals surface area contributed by atoms with Gasteiger partial charge in [-0.05, 0) is 63.1 Å². The van der Waals surface area contributed by atoms with Crippen LogP contribution in [0.4, 0.5) is 0 Å². The number of hydrogen-bond donors (Lipinski definition) is 1. The molecular formula is C28H34N4O7. The van der Waals surface area contributed by atoms with Crippen LogP contribution in [0, 0.1) is 0 Å². The van der Waals surface area contributed by atoms with Gasteiger partial charge in [0, 0.05) is 31.0 Å². The van der Waals surface area contributed by atoms with Crippen molar-refractivity contribution in [3.63, 3.8) is 0 Å². The molecule has 0 spiro atoms. The summed E-state index contributed by atoms with van der Waals surface area (Å²) < 4.78 is 10.0. The monoisotopic (exact) mass is 538 g/mol. The van der Waals surface area contributed by atoms with Crippen LogP contribution in [-0.2, 0) is 28.7 Å². The Kier molecular flexibility index (Phi) is 9.39. The number of carbonyl (C=O) groups is 5. The molecule has 2 aromatic rings. The smallest absolute Gasteiger partial charge is 0.326 e. The molecule has 11 heteroatoms. The van der Waals surface area contributed by atoms with E-state index in [1.807, 2.05) is 12.1 Å². The molecule has 2 atom stereocenters. The highest BCUT2D eigenvalue weighted by Gasteiger charge is 2.41. The number of hydrogen-bond acceptors (Lipinski definition) is 8. The number of ether oxygens (including phenoxy) is 2. The summed E-state index contributed by atoms with van der Waals surface area (Å²) in [6.45, 7) is 6.49. The second kappa shape index (κ2) is 12.5. The number of methoxy groups -OCH3 is 1. The molecule has 1 unspecified atom stereocenters. The third-order valence-electron chi connectivity index (χ3n) is 6.07. The molecule has 0 bridgehead atoms. The number of piperazine rings is 1. The summed E-state index contributed by atoms with van der Waals surface area (Å²) in [6, 6.07) is 8.45. The molecule has 208 valence electrons. The number of carbonyl (C=O) groups excluding carboxylic acids is 5. The molecule has 2 heterocycles. The highest BCUT2D eigenvalue weighted by Crippen LogP contribution is 2.20. The van der Waals surface area contributed by atoms with E-state index in [9.17, 15) is 24.0 Å². The topological polar surface area (TPSA) is 135 Å². The van der Waals surface area contributed by atoms with Crippen molar-refractivity contribution in [3.05, 3.63) is 54.4 Å². The number of esters is 2. The fourth-order valence-electron chi connectivity index (χ4n) is 4.18. The average molecular weight is 539 g/mol. The number of aromatic nitrogens is 1. The molecule has 1 saturated heterocycles. The van der Waals surface area contributed by atoms with Crippen molar-refractivity contribution >= 4 is 29.7 Å². The second-order valence-electron chi connectivity index (χ2n) is 10.2. The Labute approximate surface area is 227 Å². The zero-order valence-corrected chi connectivity index (χ0v) is 22.8. The Bertz CT molecular complexity index is 1210. The van der Waals surface area contributed by atoms with Gasteiger partial charge in [-0.2, -0.15) is 0 Å². The lowest BCUT2D eigenvalue weighted by Crippen LogP contribution is -2.62. The van der Waals surface area contributed by atoms with Gasteiger partial charge in [0.25, 0.3) is 5.91 Å². The third kappa shape index (κ3) is 7.86. The van der Waals surface area contributed by atoms with E-state index >= 15 is 0 Å². The summed E-state index contributed by atoms with van der Waals surface area (Å²) in [5.41, 5.74) is 1.49. The fourth-order valence-corrected chi connectivity index (χ4v) is 4.18. The van der Waals surface area contributed by atoms with Crippen LogP contribution in [0.2, 0.25) is 0 Å². The SMILES string of the molecule is COC(=O)C[C@H]1C(=O)N(CC(=O)OC(C)(C)C)CCN1C(=O)C(C)NC(=O)c1ccc(-c2ccncc2)cc1. The first-order chi connectivity index (χ1) is 18.4. The Morgan fingerprint density at radius 2 is 1.62 bits per heavy atom. The van der Waals surface area contributed by atoms with E-state index in [0.29, 0.717) is 5.56 Å². The van der Waals surface area contributed by atoms with E-state index in [1.165, 1.54) is 23.8 Å². The maximum absolute atomic E-state index is 13.3. The number of nitrogens with one attached hydrogen (secondary N) is 1. The molecule has 1 aliphatic heterocycles. The average Bonchev–Trinajstić information content (AvgIpc) is 2.90. The number of nitrogens with zero attached hydrogens (tertiary/aromatic N) is 3. The van der Waals surface area contributed by atoms with Crippen LogP contribution in [0.5, 0.6) is 0 Å². The van der Waals surface area contributed by atoms with Gasteiger partial charge in [-0.3, -0.25) is 29.0 Å². The Morgan fingerprint density at radius 3 is 2.21 bits per heavy atom. The van der Waals surface area contributed by atoms with Crippen molar-refractivity contribution < 1.29 is 33.4 Å². The largest absolute Gasteiger partial charge is 0.469 e. The van der Waals surface area contributed by atoms with Gasteiger partial charge in [0.15, 0.2) is 0 Å². The molecule has 11 nitrogen and oxygen atoms in total. The van der Waals surface area contributed by atoms with Crippen molar-refractivity contribution in [1.29, 1.82) is 0 Å². The van der Waals surface area contributed by atoms with Crippen LogP contribution < -0.4 is 5.32 Å². The van der Waals surface area contributed by atoms with E-state index in [2.05, 4.69) is 10.3 Å². The maximum Gasteiger partial charge on any atom is 0.326 e.